The fourth-order valence-corrected chi connectivity index (χ4v) is 3.01. The molecule has 1 aromatic rings. The largest absolute Gasteiger partial charge is 0.346 e. The first kappa shape index (κ1) is 14.5. The fourth-order valence-electron chi connectivity index (χ4n) is 3.01. The van der Waals surface area contributed by atoms with Gasteiger partial charge in [0.25, 0.3) is 5.91 Å². The molecule has 0 spiro atoms. The molecule has 1 aromatic heterocycles. The third kappa shape index (κ3) is 2.54. The van der Waals surface area contributed by atoms with Crippen LogP contribution < -0.4 is 5.32 Å². The van der Waals surface area contributed by atoms with Gasteiger partial charge >= 0.3 is 0 Å². The predicted molar refractivity (Wildman–Crippen MR) is 78.0 cm³/mol. The van der Waals surface area contributed by atoms with Crippen molar-refractivity contribution in [3.05, 3.63) is 29.6 Å². The Morgan fingerprint density at radius 1 is 1.36 bits per heavy atom. The number of hydrogen-bond donors (Lipinski definition) is 1. The second kappa shape index (κ2) is 5.40. The maximum absolute atomic E-state index is 12.2. The fraction of sp³-hybridized carbons (Fsp3) is 0.467. The molecule has 0 unspecified atom stereocenters. The summed E-state index contributed by atoms with van der Waals surface area (Å²) < 4.78 is 0. The van der Waals surface area contributed by atoms with Crippen LogP contribution in [0.15, 0.2) is 18.2 Å². The van der Waals surface area contributed by atoms with E-state index in [0.29, 0.717) is 18.7 Å². The van der Waals surface area contributed by atoms with E-state index < -0.39 is 6.04 Å². The first-order chi connectivity index (χ1) is 10.5. The van der Waals surface area contributed by atoms with Crippen LogP contribution in [0.25, 0.3) is 0 Å². The molecule has 3 rings (SSSR count). The van der Waals surface area contributed by atoms with Crippen molar-refractivity contribution in [3.63, 3.8) is 0 Å². The first-order valence-electron chi connectivity index (χ1n) is 7.24. The molecule has 7 heteroatoms. The van der Waals surface area contributed by atoms with Crippen LogP contribution in [0.2, 0.25) is 0 Å². The third-order valence-corrected chi connectivity index (χ3v) is 4.11. The lowest BCUT2D eigenvalue weighted by Gasteiger charge is -2.33. The van der Waals surface area contributed by atoms with Crippen molar-refractivity contribution < 1.29 is 14.4 Å². The third-order valence-electron chi connectivity index (χ3n) is 4.11. The van der Waals surface area contributed by atoms with Gasteiger partial charge in [0.05, 0.1) is 6.54 Å². The Kier molecular flexibility index (Phi) is 3.56. The molecule has 116 valence electrons. The van der Waals surface area contributed by atoms with E-state index in [9.17, 15) is 14.4 Å². The Hall–Kier alpha value is -2.44. The average Bonchev–Trinajstić information content (AvgIpc) is 2.89. The van der Waals surface area contributed by atoms with Gasteiger partial charge in [-0.15, -0.1) is 0 Å². The molecule has 0 aromatic carbocycles. The van der Waals surface area contributed by atoms with Crippen LogP contribution in [0.1, 0.15) is 22.6 Å². The highest BCUT2D eigenvalue weighted by Gasteiger charge is 2.44. The average molecular weight is 302 g/mol. The minimum Gasteiger partial charge on any atom is -0.346 e. The minimum absolute atomic E-state index is 0.0648. The number of hydrogen-bond acceptors (Lipinski definition) is 4. The number of piperazine rings is 1. The highest BCUT2D eigenvalue weighted by Crippen LogP contribution is 2.23. The number of nitrogens with one attached hydrogen (secondary N) is 1. The van der Waals surface area contributed by atoms with E-state index in [4.69, 9.17) is 0 Å². The highest BCUT2D eigenvalue weighted by atomic mass is 16.2. The van der Waals surface area contributed by atoms with Gasteiger partial charge in [-0.2, -0.15) is 0 Å². The van der Waals surface area contributed by atoms with Crippen LogP contribution in [0.3, 0.4) is 0 Å². The number of likely N-dealkylation sites (N-methyl/N-ethyl adjacent to an activating group) is 1. The van der Waals surface area contributed by atoms with Crippen molar-refractivity contribution >= 4 is 17.7 Å². The zero-order valence-corrected chi connectivity index (χ0v) is 12.6. The zero-order chi connectivity index (χ0) is 15.9. The summed E-state index contributed by atoms with van der Waals surface area (Å²) in [7, 11) is 1.63. The topological polar surface area (TPSA) is 82.6 Å². The molecule has 0 bridgehead atoms. The van der Waals surface area contributed by atoms with Gasteiger partial charge in [-0.05, 0) is 25.5 Å². The normalized spacial score (nSPS) is 24.5. The summed E-state index contributed by atoms with van der Waals surface area (Å²) >= 11 is 0. The minimum atomic E-state index is -0.456. The number of aryl methyl sites for hydroxylation is 1. The zero-order valence-electron chi connectivity index (χ0n) is 12.6. The summed E-state index contributed by atoms with van der Waals surface area (Å²) in [6.45, 7) is 2.30. The SMILES string of the molecule is Cc1cccc(C(=O)N[C@H]2C[C@H]3C(=O)N(C)CC(=O)N3C2)n1. The van der Waals surface area contributed by atoms with Crippen LogP contribution in [0.5, 0.6) is 0 Å². The number of nitrogens with zero attached hydrogens (tertiary/aromatic N) is 3. The van der Waals surface area contributed by atoms with Crippen molar-refractivity contribution in [2.45, 2.75) is 25.4 Å². The molecule has 3 heterocycles. The number of carbonyl (C=O) groups is 3. The van der Waals surface area contributed by atoms with Gasteiger partial charge < -0.3 is 15.1 Å². The lowest BCUT2D eigenvalue weighted by molar-refractivity contribution is -0.152. The van der Waals surface area contributed by atoms with Gasteiger partial charge in [0.2, 0.25) is 11.8 Å². The van der Waals surface area contributed by atoms with E-state index in [1.807, 2.05) is 13.0 Å². The van der Waals surface area contributed by atoms with Crippen LogP contribution in [0, 0.1) is 6.92 Å². The Morgan fingerprint density at radius 3 is 2.86 bits per heavy atom. The number of carbonyl (C=O) groups excluding carboxylic acids is 3. The lowest BCUT2D eigenvalue weighted by Crippen LogP contribution is -2.55. The molecule has 7 nitrogen and oxygen atoms in total. The number of pyridine rings is 1. The van der Waals surface area contributed by atoms with Gasteiger partial charge in [0.1, 0.15) is 11.7 Å². The van der Waals surface area contributed by atoms with Gasteiger partial charge in [0.15, 0.2) is 0 Å². The quantitative estimate of drug-likeness (QED) is 0.803. The molecule has 0 radical (unpaired) electrons. The van der Waals surface area contributed by atoms with Crippen molar-refractivity contribution in [2.24, 2.45) is 0 Å². The van der Waals surface area contributed by atoms with Gasteiger partial charge in [0, 0.05) is 25.3 Å². The Bertz CT molecular complexity index is 645. The summed E-state index contributed by atoms with van der Waals surface area (Å²) in [4.78, 5) is 43.5. The van der Waals surface area contributed by atoms with Crippen molar-refractivity contribution in [1.82, 2.24) is 20.1 Å². The number of amides is 3. The van der Waals surface area contributed by atoms with Gasteiger partial charge in [-0.1, -0.05) is 6.07 Å². The van der Waals surface area contributed by atoms with E-state index in [-0.39, 0.29) is 30.3 Å². The van der Waals surface area contributed by atoms with E-state index in [1.54, 1.807) is 24.1 Å². The Morgan fingerprint density at radius 2 is 2.14 bits per heavy atom. The molecule has 0 saturated carbocycles. The standard InChI is InChI=1S/C15H18N4O3/c1-9-4-3-5-11(16-9)14(21)17-10-6-12-15(22)18(2)8-13(20)19(12)7-10/h3-5,10,12H,6-8H2,1-2H3,(H,17,21)/t10-,12-/m0/s1. The molecule has 2 atom stereocenters. The number of fused-ring (bicyclic) bond motifs is 1. The number of aromatic nitrogens is 1. The van der Waals surface area contributed by atoms with Crippen LogP contribution in [-0.2, 0) is 9.59 Å². The molecule has 1 N–H and O–H groups in total. The van der Waals surface area contributed by atoms with E-state index in [1.165, 1.54) is 4.90 Å². The monoisotopic (exact) mass is 302 g/mol. The summed E-state index contributed by atoms with van der Waals surface area (Å²) in [5, 5.41) is 2.87. The summed E-state index contributed by atoms with van der Waals surface area (Å²) in [6.07, 6.45) is 0.451. The molecule has 22 heavy (non-hydrogen) atoms. The summed E-state index contributed by atoms with van der Waals surface area (Å²) in [6, 6.07) is 4.56. The Labute approximate surface area is 128 Å². The predicted octanol–water partition coefficient (Wildman–Crippen LogP) is -0.439. The highest BCUT2D eigenvalue weighted by molar-refractivity contribution is 5.96. The molecular weight excluding hydrogens is 284 g/mol. The van der Waals surface area contributed by atoms with Crippen molar-refractivity contribution in [3.8, 4) is 0 Å². The first-order valence-corrected chi connectivity index (χ1v) is 7.24. The Balaban J connectivity index is 1.69. The maximum atomic E-state index is 12.2. The molecule has 3 amide bonds. The van der Waals surface area contributed by atoms with E-state index in [2.05, 4.69) is 10.3 Å². The molecular formula is C15H18N4O3. The van der Waals surface area contributed by atoms with Gasteiger partial charge in [-0.25, -0.2) is 4.98 Å². The van der Waals surface area contributed by atoms with Crippen molar-refractivity contribution in [2.75, 3.05) is 20.1 Å². The smallest absolute Gasteiger partial charge is 0.270 e. The molecule has 2 fully saturated rings. The van der Waals surface area contributed by atoms with E-state index >= 15 is 0 Å². The second-order valence-electron chi connectivity index (χ2n) is 5.83. The van der Waals surface area contributed by atoms with Gasteiger partial charge in [-0.3, -0.25) is 14.4 Å². The summed E-state index contributed by atoms with van der Waals surface area (Å²) in [5.74, 6) is -0.413. The molecule has 0 aliphatic carbocycles. The van der Waals surface area contributed by atoms with Crippen LogP contribution in [-0.4, -0.2) is 64.7 Å². The maximum Gasteiger partial charge on any atom is 0.270 e. The molecule has 2 aliphatic rings. The van der Waals surface area contributed by atoms with Crippen LogP contribution >= 0.6 is 0 Å². The van der Waals surface area contributed by atoms with E-state index in [0.717, 1.165) is 5.69 Å². The molecule has 2 aliphatic heterocycles. The molecule has 2 saturated heterocycles. The van der Waals surface area contributed by atoms with Crippen LogP contribution in [0.4, 0.5) is 0 Å². The van der Waals surface area contributed by atoms with Crippen molar-refractivity contribution in [1.29, 1.82) is 0 Å². The summed E-state index contributed by atoms with van der Waals surface area (Å²) in [5.41, 5.74) is 1.11. The lowest BCUT2D eigenvalue weighted by atomic mass is 10.1. The second-order valence-corrected chi connectivity index (χ2v) is 5.83. The number of rotatable bonds is 2.